The topological polar surface area (TPSA) is 12.0 Å². The zero-order valence-corrected chi connectivity index (χ0v) is 12.4. The summed E-state index contributed by atoms with van der Waals surface area (Å²) in [6, 6.07) is 7.98. The maximum Gasteiger partial charge on any atom is 0.285 e. The van der Waals surface area contributed by atoms with Crippen molar-refractivity contribution in [1.82, 2.24) is 5.32 Å². The Kier molecular flexibility index (Phi) is 5.39. The SMILES string of the molecule is FC(F)(CNCC1(CCl)CCCCC1)c1ccccc1. The summed E-state index contributed by atoms with van der Waals surface area (Å²) in [6.07, 6.45) is 5.63. The highest BCUT2D eigenvalue weighted by Gasteiger charge is 2.34. The van der Waals surface area contributed by atoms with Crippen molar-refractivity contribution in [3.8, 4) is 0 Å². The van der Waals surface area contributed by atoms with E-state index in [4.69, 9.17) is 11.6 Å². The molecule has 1 saturated carbocycles. The number of alkyl halides is 3. The Labute approximate surface area is 124 Å². The van der Waals surface area contributed by atoms with Crippen molar-refractivity contribution in [3.05, 3.63) is 35.9 Å². The van der Waals surface area contributed by atoms with Crippen LogP contribution in [0.15, 0.2) is 30.3 Å². The largest absolute Gasteiger partial charge is 0.310 e. The van der Waals surface area contributed by atoms with Crippen LogP contribution in [0.5, 0.6) is 0 Å². The third-order valence-electron chi connectivity index (χ3n) is 4.24. The maximum absolute atomic E-state index is 14.0. The molecule has 0 amide bonds. The van der Waals surface area contributed by atoms with Crippen molar-refractivity contribution in [2.75, 3.05) is 19.0 Å². The number of halogens is 3. The van der Waals surface area contributed by atoms with Crippen molar-refractivity contribution >= 4 is 11.6 Å². The van der Waals surface area contributed by atoms with E-state index in [9.17, 15) is 8.78 Å². The van der Waals surface area contributed by atoms with E-state index in [0.717, 1.165) is 25.7 Å². The number of hydrogen-bond donors (Lipinski definition) is 1. The molecule has 0 bridgehead atoms. The Balaban J connectivity index is 1.88. The number of rotatable bonds is 6. The van der Waals surface area contributed by atoms with E-state index in [1.807, 2.05) is 0 Å². The lowest BCUT2D eigenvalue weighted by atomic mass is 9.75. The van der Waals surface area contributed by atoms with E-state index in [2.05, 4.69) is 5.32 Å². The molecule has 20 heavy (non-hydrogen) atoms. The first-order valence-corrected chi connectivity index (χ1v) is 7.82. The zero-order valence-electron chi connectivity index (χ0n) is 11.7. The van der Waals surface area contributed by atoms with Crippen molar-refractivity contribution in [3.63, 3.8) is 0 Å². The Hall–Kier alpha value is -0.670. The number of nitrogens with one attached hydrogen (secondary N) is 1. The Morgan fingerprint density at radius 1 is 1.10 bits per heavy atom. The van der Waals surface area contributed by atoms with Gasteiger partial charge in [0.15, 0.2) is 0 Å². The van der Waals surface area contributed by atoms with Crippen LogP contribution in [-0.4, -0.2) is 19.0 Å². The fourth-order valence-corrected chi connectivity index (χ4v) is 3.29. The number of hydrogen-bond acceptors (Lipinski definition) is 1. The minimum Gasteiger partial charge on any atom is -0.310 e. The molecular formula is C16H22ClF2N. The van der Waals surface area contributed by atoms with Gasteiger partial charge in [-0.3, -0.25) is 0 Å². The van der Waals surface area contributed by atoms with Crippen molar-refractivity contribution in [1.29, 1.82) is 0 Å². The van der Waals surface area contributed by atoms with Crippen LogP contribution in [-0.2, 0) is 5.92 Å². The van der Waals surface area contributed by atoms with Crippen LogP contribution in [0.4, 0.5) is 8.78 Å². The lowest BCUT2D eigenvalue weighted by molar-refractivity contribution is -0.00599. The van der Waals surface area contributed by atoms with Gasteiger partial charge in [0, 0.05) is 18.0 Å². The first-order valence-electron chi connectivity index (χ1n) is 7.28. The maximum atomic E-state index is 14.0. The molecule has 0 unspecified atom stereocenters. The van der Waals surface area contributed by atoms with Gasteiger partial charge in [0.2, 0.25) is 0 Å². The molecule has 2 rings (SSSR count). The molecule has 1 aromatic rings. The van der Waals surface area contributed by atoms with Crippen molar-refractivity contribution in [2.45, 2.75) is 38.0 Å². The lowest BCUT2D eigenvalue weighted by Gasteiger charge is -2.36. The van der Waals surface area contributed by atoms with Gasteiger partial charge in [0.1, 0.15) is 0 Å². The first kappa shape index (κ1) is 15.7. The molecule has 0 aromatic heterocycles. The summed E-state index contributed by atoms with van der Waals surface area (Å²) in [4.78, 5) is 0. The summed E-state index contributed by atoms with van der Waals surface area (Å²) in [5, 5.41) is 2.95. The molecule has 1 aliphatic rings. The van der Waals surface area contributed by atoms with Crippen LogP contribution in [0.3, 0.4) is 0 Å². The molecule has 0 heterocycles. The smallest absolute Gasteiger partial charge is 0.285 e. The molecule has 1 aliphatic carbocycles. The number of benzene rings is 1. The van der Waals surface area contributed by atoms with Crippen molar-refractivity contribution in [2.24, 2.45) is 5.41 Å². The third-order valence-corrected chi connectivity index (χ3v) is 4.81. The van der Waals surface area contributed by atoms with Crippen LogP contribution in [0.2, 0.25) is 0 Å². The van der Waals surface area contributed by atoms with Crippen molar-refractivity contribution < 1.29 is 8.78 Å². The molecule has 0 radical (unpaired) electrons. The van der Waals surface area contributed by atoms with E-state index in [1.165, 1.54) is 18.6 Å². The summed E-state index contributed by atoms with van der Waals surface area (Å²) in [5.41, 5.74) is 0.0723. The fraction of sp³-hybridized carbons (Fsp3) is 0.625. The van der Waals surface area contributed by atoms with Gasteiger partial charge in [-0.15, -0.1) is 11.6 Å². The molecule has 1 aromatic carbocycles. The van der Waals surface area contributed by atoms with E-state index in [-0.39, 0.29) is 17.5 Å². The predicted molar refractivity (Wildman–Crippen MR) is 79.4 cm³/mol. The monoisotopic (exact) mass is 301 g/mol. The van der Waals surface area contributed by atoms with E-state index in [1.54, 1.807) is 18.2 Å². The molecule has 0 saturated heterocycles. The molecular weight excluding hydrogens is 280 g/mol. The predicted octanol–water partition coefficient (Wildman–Crippen LogP) is 4.56. The second-order valence-electron chi connectivity index (χ2n) is 5.87. The molecule has 112 valence electrons. The van der Waals surface area contributed by atoms with Gasteiger partial charge in [-0.05, 0) is 18.3 Å². The van der Waals surface area contributed by atoms with Crippen LogP contribution in [0.25, 0.3) is 0 Å². The van der Waals surface area contributed by atoms with Crippen LogP contribution in [0.1, 0.15) is 37.7 Å². The average Bonchev–Trinajstić information content (AvgIpc) is 2.49. The summed E-state index contributed by atoms with van der Waals surface area (Å²) < 4.78 is 28.1. The highest BCUT2D eigenvalue weighted by atomic mass is 35.5. The highest BCUT2D eigenvalue weighted by Crippen LogP contribution is 2.37. The van der Waals surface area contributed by atoms with Gasteiger partial charge in [0.05, 0.1) is 6.54 Å². The Morgan fingerprint density at radius 2 is 1.75 bits per heavy atom. The third kappa shape index (κ3) is 3.92. The van der Waals surface area contributed by atoms with Crippen LogP contribution >= 0.6 is 11.6 Å². The Morgan fingerprint density at radius 3 is 2.35 bits per heavy atom. The van der Waals surface area contributed by atoms with Gasteiger partial charge in [-0.1, -0.05) is 49.6 Å². The normalized spacial score (nSPS) is 18.9. The van der Waals surface area contributed by atoms with Gasteiger partial charge in [0.25, 0.3) is 5.92 Å². The zero-order chi connectivity index (χ0) is 14.5. The van der Waals surface area contributed by atoms with Crippen LogP contribution < -0.4 is 5.32 Å². The minimum atomic E-state index is -2.83. The fourth-order valence-electron chi connectivity index (χ4n) is 2.93. The summed E-state index contributed by atoms with van der Waals surface area (Å²) >= 11 is 6.08. The van der Waals surface area contributed by atoms with Crippen LogP contribution in [0, 0.1) is 5.41 Å². The Bertz CT molecular complexity index is 402. The molecule has 0 spiro atoms. The summed E-state index contributed by atoms with van der Waals surface area (Å²) in [7, 11) is 0. The van der Waals surface area contributed by atoms with Gasteiger partial charge >= 0.3 is 0 Å². The second-order valence-corrected chi connectivity index (χ2v) is 6.14. The molecule has 0 aliphatic heterocycles. The van der Waals surface area contributed by atoms with Gasteiger partial charge in [-0.2, -0.15) is 8.78 Å². The first-order chi connectivity index (χ1) is 9.58. The molecule has 1 N–H and O–H groups in total. The van der Waals surface area contributed by atoms with Gasteiger partial charge < -0.3 is 5.32 Å². The van der Waals surface area contributed by atoms with Gasteiger partial charge in [-0.25, -0.2) is 0 Å². The standard InChI is InChI=1S/C16H22ClF2N/c17-11-15(9-5-2-6-10-15)12-20-13-16(18,19)14-7-3-1-4-8-14/h1,3-4,7-8,20H,2,5-6,9-13H2. The second kappa shape index (κ2) is 6.86. The molecule has 1 nitrogen and oxygen atoms in total. The average molecular weight is 302 g/mol. The highest BCUT2D eigenvalue weighted by molar-refractivity contribution is 6.18. The summed E-state index contributed by atoms with van der Waals surface area (Å²) in [5.74, 6) is -2.28. The summed E-state index contributed by atoms with van der Waals surface area (Å²) in [6.45, 7) is 0.259. The van der Waals surface area contributed by atoms with E-state index >= 15 is 0 Å². The quantitative estimate of drug-likeness (QED) is 0.760. The lowest BCUT2D eigenvalue weighted by Crippen LogP contribution is -2.41. The molecule has 4 heteroatoms. The van der Waals surface area contributed by atoms with E-state index < -0.39 is 5.92 Å². The molecule has 0 atom stereocenters. The van der Waals surface area contributed by atoms with E-state index in [0.29, 0.717) is 12.4 Å². The molecule has 1 fully saturated rings. The minimum absolute atomic E-state index is 0.00652.